The average Bonchev–Trinajstić information content (AvgIpc) is 2.86. The third kappa shape index (κ3) is 3.53. The van der Waals surface area contributed by atoms with E-state index in [9.17, 15) is 8.42 Å². The predicted octanol–water partition coefficient (Wildman–Crippen LogP) is -0.534. The standard InChI is InChI=1S/C8H17NO4S/c1-13-6-7(4-5-10)9-14(11,12)8-2-3-8/h7-10H,2-6H2,1H3. The quantitative estimate of drug-likeness (QED) is 0.608. The maximum atomic E-state index is 11.5. The summed E-state index contributed by atoms with van der Waals surface area (Å²) in [7, 11) is -1.66. The van der Waals surface area contributed by atoms with Gasteiger partial charge >= 0.3 is 0 Å². The molecule has 84 valence electrons. The van der Waals surface area contributed by atoms with Crippen LogP contribution in [0.15, 0.2) is 0 Å². The second-order valence-corrected chi connectivity index (χ2v) is 5.52. The van der Waals surface area contributed by atoms with E-state index >= 15 is 0 Å². The molecule has 0 amide bonds. The molecule has 5 nitrogen and oxygen atoms in total. The van der Waals surface area contributed by atoms with E-state index in [1.54, 1.807) is 0 Å². The van der Waals surface area contributed by atoms with Crippen LogP contribution in [0.25, 0.3) is 0 Å². The minimum atomic E-state index is -3.17. The van der Waals surface area contributed by atoms with Gasteiger partial charge in [-0.2, -0.15) is 0 Å². The third-order valence-electron chi connectivity index (χ3n) is 2.14. The number of sulfonamides is 1. The number of hydrogen-bond donors (Lipinski definition) is 2. The Morgan fingerprint density at radius 2 is 2.21 bits per heavy atom. The van der Waals surface area contributed by atoms with E-state index in [1.165, 1.54) is 7.11 Å². The Morgan fingerprint density at radius 3 is 2.64 bits per heavy atom. The van der Waals surface area contributed by atoms with Crippen LogP contribution in [0.1, 0.15) is 19.3 Å². The summed E-state index contributed by atoms with van der Waals surface area (Å²) in [4.78, 5) is 0. The summed E-state index contributed by atoms with van der Waals surface area (Å²) < 4.78 is 30.4. The van der Waals surface area contributed by atoms with Gasteiger partial charge in [-0.25, -0.2) is 13.1 Å². The van der Waals surface area contributed by atoms with Crippen LogP contribution in [0, 0.1) is 0 Å². The highest BCUT2D eigenvalue weighted by atomic mass is 32.2. The first kappa shape index (κ1) is 11.9. The first-order valence-corrected chi connectivity index (χ1v) is 6.25. The van der Waals surface area contributed by atoms with Crippen LogP contribution in [0.4, 0.5) is 0 Å². The minimum absolute atomic E-state index is 0.0405. The monoisotopic (exact) mass is 223 g/mol. The van der Waals surface area contributed by atoms with Crippen molar-refractivity contribution in [3.8, 4) is 0 Å². The van der Waals surface area contributed by atoms with Crippen LogP contribution in [0.3, 0.4) is 0 Å². The number of rotatable bonds is 7. The smallest absolute Gasteiger partial charge is 0.214 e. The predicted molar refractivity (Wildman–Crippen MR) is 52.4 cm³/mol. The molecule has 1 rings (SSSR count). The highest BCUT2D eigenvalue weighted by Crippen LogP contribution is 2.27. The van der Waals surface area contributed by atoms with Gasteiger partial charge in [0.15, 0.2) is 0 Å². The van der Waals surface area contributed by atoms with Crippen molar-refractivity contribution < 1.29 is 18.3 Å². The van der Waals surface area contributed by atoms with Crippen molar-refractivity contribution in [3.05, 3.63) is 0 Å². The Bertz CT molecular complexity index is 255. The molecule has 1 saturated carbocycles. The molecule has 0 heterocycles. The lowest BCUT2D eigenvalue weighted by molar-refractivity contribution is 0.158. The first-order valence-electron chi connectivity index (χ1n) is 4.71. The number of nitrogens with one attached hydrogen (secondary N) is 1. The summed E-state index contributed by atoms with van der Waals surface area (Å²) in [5, 5.41) is 8.50. The van der Waals surface area contributed by atoms with Crippen LogP contribution in [-0.4, -0.2) is 45.1 Å². The Morgan fingerprint density at radius 1 is 1.57 bits per heavy atom. The SMILES string of the molecule is COCC(CCO)NS(=O)(=O)C1CC1. The molecular formula is C8H17NO4S. The Kier molecular flexibility index (Phi) is 4.31. The largest absolute Gasteiger partial charge is 0.396 e. The lowest BCUT2D eigenvalue weighted by Crippen LogP contribution is -2.40. The first-order chi connectivity index (χ1) is 6.60. The van der Waals surface area contributed by atoms with Crippen molar-refractivity contribution >= 4 is 10.0 Å². The Balaban J connectivity index is 2.44. The van der Waals surface area contributed by atoms with Gasteiger partial charge in [0, 0.05) is 19.8 Å². The molecule has 0 spiro atoms. The number of hydrogen-bond acceptors (Lipinski definition) is 4. The highest BCUT2D eigenvalue weighted by molar-refractivity contribution is 7.90. The van der Waals surface area contributed by atoms with Crippen molar-refractivity contribution in [2.24, 2.45) is 0 Å². The van der Waals surface area contributed by atoms with Crippen molar-refractivity contribution in [1.82, 2.24) is 4.72 Å². The molecule has 1 aliphatic carbocycles. The fourth-order valence-corrected chi connectivity index (χ4v) is 2.84. The van der Waals surface area contributed by atoms with Gasteiger partial charge in [-0.1, -0.05) is 0 Å². The molecule has 0 radical (unpaired) electrons. The van der Waals surface area contributed by atoms with E-state index in [1.807, 2.05) is 0 Å². The zero-order valence-corrected chi connectivity index (χ0v) is 9.09. The van der Waals surface area contributed by atoms with Crippen molar-refractivity contribution in [1.29, 1.82) is 0 Å². The van der Waals surface area contributed by atoms with Crippen molar-refractivity contribution in [2.75, 3.05) is 20.3 Å². The Hall–Kier alpha value is -0.170. The molecule has 0 saturated heterocycles. The van der Waals surface area contributed by atoms with E-state index in [4.69, 9.17) is 9.84 Å². The molecule has 0 aromatic rings. The summed E-state index contributed by atoms with van der Waals surface area (Å²) in [6.07, 6.45) is 1.88. The van der Waals surface area contributed by atoms with Crippen LogP contribution in [0.5, 0.6) is 0 Å². The molecule has 0 aromatic carbocycles. The number of aliphatic hydroxyl groups excluding tert-OH is 1. The summed E-state index contributed by atoms with van der Waals surface area (Å²) in [6, 6.07) is -0.310. The number of ether oxygens (including phenoxy) is 1. The van der Waals surface area contributed by atoms with E-state index < -0.39 is 10.0 Å². The lowest BCUT2D eigenvalue weighted by Gasteiger charge is -2.16. The van der Waals surface area contributed by atoms with Crippen LogP contribution < -0.4 is 4.72 Å². The molecule has 1 atom stereocenters. The van der Waals surface area contributed by atoms with Crippen LogP contribution in [-0.2, 0) is 14.8 Å². The van der Waals surface area contributed by atoms with Crippen molar-refractivity contribution in [3.63, 3.8) is 0 Å². The van der Waals surface area contributed by atoms with E-state index in [2.05, 4.69) is 4.72 Å². The van der Waals surface area contributed by atoms with Gasteiger partial charge < -0.3 is 9.84 Å². The number of aliphatic hydroxyl groups is 1. The van der Waals surface area contributed by atoms with Gasteiger partial charge in [0.25, 0.3) is 0 Å². The third-order valence-corrected chi connectivity index (χ3v) is 4.15. The van der Waals surface area contributed by atoms with E-state index in [-0.39, 0.29) is 17.9 Å². The zero-order chi connectivity index (χ0) is 10.6. The molecule has 0 bridgehead atoms. The molecule has 14 heavy (non-hydrogen) atoms. The molecule has 6 heteroatoms. The molecule has 0 aliphatic heterocycles. The van der Waals surface area contributed by atoms with Gasteiger partial charge in [0.1, 0.15) is 0 Å². The van der Waals surface area contributed by atoms with Gasteiger partial charge in [-0.05, 0) is 19.3 Å². The van der Waals surface area contributed by atoms with Gasteiger partial charge in [-0.15, -0.1) is 0 Å². The summed E-state index contributed by atoms with van der Waals surface area (Å²) in [5.74, 6) is 0. The van der Waals surface area contributed by atoms with Crippen molar-refractivity contribution in [2.45, 2.75) is 30.6 Å². The molecule has 0 aromatic heterocycles. The molecule has 2 N–H and O–H groups in total. The fourth-order valence-electron chi connectivity index (χ4n) is 1.24. The van der Waals surface area contributed by atoms with Crippen LogP contribution in [0.2, 0.25) is 0 Å². The average molecular weight is 223 g/mol. The normalized spacial score (nSPS) is 19.6. The van der Waals surface area contributed by atoms with E-state index in [0.29, 0.717) is 13.0 Å². The minimum Gasteiger partial charge on any atom is -0.396 e. The molecule has 1 unspecified atom stereocenters. The lowest BCUT2D eigenvalue weighted by atomic mass is 10.2. The molecular weight excluding hydrogens is 206 g/mol. The van der Waals surface area contributed by atoms with Crippen LogP contribution >= 0.6 is 0 Å². The highest BCUT2D eigenvalue weighted by Gasteiger charge is 2.36. The topological polar surface area (TPSA) is 75.6 Å². The number of methoxy groups -OCH3 is 1. The van der Waals surface area contributed by atoms with Gasteiger partial charge in [0.05, 0.1) is 11.9 Å². The fraction of sp³-hybridized carbons (Fsp3) is 1.00. The second kappa shape index (κ2) is 5.06. The summed E-state index contributed by atoms with van der Waals surface area (Å²) in [6.45, 7) is 0.258. The van der Waals surface area contributed by atoms with Gasteiger partial charge in [-0.3, -0.25) is 0 Å². The van der Waals surface area contributed by atoms with E-state index in [0.717, 1.165) is 12.8 Å². The zero-order valence-electron chi connectivity index (χ0n) is 8.27. The molecule has 1 fully saturated rings. The van der Waals surface area contributed by atoms with Gasteiger partial charge in [0.2, 0.25) is 10.0 Å². The maximum absolute atomic E-state index is 11.5. The maximum Gasteiger partial charge on any atom is 0.214 e. The molecule has 1 aliphatic rings. The Labute approximate surface area is 84.5 Å². The second-order valence-electron chi connectivity index (χ2n) is 3.53. The summed E-state index contributed by atoms with van der Waals surface area (Å²) in [5.41, 5.74) is 0. The summed E-state index contributed by atoms with van der Waals surface area (Å²) >= 11 is 0.